The third-order valence-electron chi connectivity index (χ3n) is 5.74. The Labute approximate surface area is 209 Å². The number of anilines is 1. The lowest BCUT2D eigenvalue weighted by atomic mass is 10.1. The van der Waals surface area contributed by atoms with Crippen molar-refractivity contribution < 1.29 is 29.6 Å². The van der Waals surface area contributed by atoms with Crippen LogP contribution in [0.15, 0.2) is 54.6 Å². The molecule has 0 bridgehead atoms. The van der Waals surface area contributed by atoms with E-state index in [0.717, 1.165) is 55.5 Å². The zero-order valence-corrected chi connectivity index (χ0v) is 20.2. The molecule has 4 rings (SSSR count). The van der Waals surface area contributed by atoms with E-state index < -0.39 is 11.9 Å². The van der Waals surface area contributed by atoms with Crippen LogP contribution in [0.3, 0.4) is 0 Å². The van der Waals surface area contributed by atoms with Gasteiger partial charge in [0.25, 0.3) is 0 Å². The summed E-state index contributed by atoms with van der Waals surface area (Å²) < 4.78 is 5.65. The first-order valence-electron chi connectivity index (χ1n) is 11.8. The van der Waals surface area contributed by atoms with E-state index in [-0.39, 0.29) is 13.2 Å². The van der Waals surface area contributed by atoms with Crippen molar-refractivity contribution in [2.75, 3.05) is 50.8 Å². The monoisotopic (exact) mass is 493 g/mol. The lowest BCUT2D eigenvalue weighted by Gasteiger charge is -2.35. The van der Waals surface area contributed by atoms with Crippen LogP contribution >= 0.6 is 0 Å². The van der Waals surface area contributed by atoms with E-state index >= 15 is 0 Å². The van der Waals surface area contributed by atoms with Crippen molar-refractivity contribution in [1.82, 2.24) is 9.88 Å². The Morgan fingerprint density at radius 3 is 2.31 bits per heavy atom. The molecule has 0 atom stereocenters. The number of fused-ring (bicyclic) bond motifs is 1. The Kier molecular flexibility index (Phi) is 9.79. The standard InChI is InChI=1S/C25H29N3O2.C2H2O4/c1-2-27-13-15-28(16-14-27)25-23-9-5-3-8-21(23)19-22(26-25)12-11-20-7-4-6-10-24(20)30-18-17-29;3-1(4)2(5)6/h3-12,19,29H,2,13-18H2,1H3;(H,3,4)(H,5,6)/b12-11+;. The highest BCUT2D eigenvalue weighted by molar-refractivity contribution is 6.27. The van der Waals surface area contributed by atoms with Crippen molar-refractivity contribution in [3.63, 3.8) is 0 Å². The molecule has 0 radical (unpaired) electrons. The van der Waals surface area contributed by atoms with Gasteiger partial charge in [0.15, 0.2) is 0 Å². The van der Waals surface area contributed by atoms with Gasteiger partial charge in [0.05, 0.1) is 12.3 Å². The summed E-state index contributed by atoms with van der Waals surface area (Å²) in [5.74, 6) is -1.82. The minimum Gasteiger partial charge on any atom is -0.491 e. The molecule has 36 heavy (non-hydrogen) atoms. The third-order valence-corrected chi connectivity index (χ3v) is 5.74. The molecule has 0 spiro atoms. The summed E-state index contributed by atoms with van der Waals surface area (Å²) in [5, 5.41) is 26.2. The van der Waals surface area contributed by atoms with Crippen LogP contribution < -0.4 is 9.64 Å². The van der Waals surface area contributed by atoms with Gasteiger partial charge in [0, 0.05) is 37.1 Å². The number of carboxylic acids is 2. The fraction of sp³-hybridized carbons (Fsp3) is 0.296. The summed E-state index contributed by atoms with van der Waals surface area (Å²) in [4.78, 5) is 28.1. The van der Waals surface area contributed by atoms with Gasteiger partial charge in [-0.3, -0.25) is 0 Å². The van der Waals surface area contributed by atoms with Gasteiger partial charge in [-0.15, -0.1) is 0 Å². The van der Waals surface area contributed by atoms with Gasteiger partial charge in [-0.25, -0.2) is 14.6 Å². The number of aliphatic hydroxyl groups excluding tert-OH is 1. The highest BCUT2D eigenvalue weighted by atomic mass is 16.5. The number of pyridine rings is 1. The molecule has 1 aromatic heterocycles. The Hall–Kier alpha value is -3.95. The van der Waals surface area contributed by atoms with Crippen LogP contribution in [-0.4, -0.2) is 83.1 Å². The molecule has 0 amide bonds. The number of likely N-dealkylation sites (N-methyl/N-ethyl adjacent to an activating group) is 1. The highest BCUT2D eigenvalue weighted by Crippen LogP contribution is 2.28. The zero-order chi connectivity index (χ0) is 25.9. The number of aliphatic carboxylic acids is 2. The maximum Gasteiger partial charge on any atom is 0.414 e. The van der Waals surface area contributed by atoms with Crippen molar-refractivity contribution in [2.24, 2.45) is 0 Å². The summed E-state index contributed by atoms with van der Waals surface area (Å²) in [6, 6.07) is 18.5. The number of para-hydroxylation sites is 1. The molecule has 9 heteroatoms. The summed E-state index contributed by atoms with van der Waals surface area (Å²) >= 11 is 0. The van der Waals surface area contributed by atoms with Gasteiger partial charge in [0.1, 0.15) is 18.2 Å². The van der Waals surface area contributed by atoms with Gasteiger partial charge in [-0.05, 0) is 36.2 Å². The number of piperazine rings is 1. The third kappa shape index (κ3) is 7.27. The first-order chi connectivity index (χ1) is 17.4. The SMILES string of the molecule is CCN1CCN(c2nc(/C=C/c3ccccc3OCCO)cc3ccccc23)CC1.O=C(O)C(=O)O. The number of hydrogen-bond acceptors (Lipinski definition) is 7. The van der Waals surface area contributed by atoms with E-state index in [1.807, 2.05) is 36.4 Å². The van der Waals surface area contributed by atoms with Crippen molar-refractivity contribution in [2.45, 2.75) is 6.92 Å². The molecular formula is C27H31N3O6. The first kappa shape index (κ1) is 26.7. The number of hydrogen-bond donors (Lipinski definition) is 3. The number of carboxylic acid groups (broad SMARTS) is 2. The average Bonchev–Trinajstić information content (AvgIpc) is 2.91. The first-order valence-corrected chi connectivity index (χ1v) is 11.8. The minimum absolute atomic E-state index is 0.00106. The molecule has 1 aliphatic heterocycles. The van der Waals surface area contributed by atoms with Gasteiger partial charge in [-0.2, -0.15) is 0 Å². The average molecular weight is 494 g/mol. The number of nitrogens with zero attached hydrogens (tertiary/aromatic N) is 3. The van der Waals surface area contributed by atoms with Crippen LogP contribution in [0.2, 0.25) is 0 Å². The topological polar surface area (TPSA) is 123 Å². The molecule has 1 fully saturated rings. The summed E-state index contributed by atoms with van der Waals surface area (Å²) in [6.07, 6.45) is 4.07. The fourth-order valence-electron chi connectivity index (χ4n) is 3.88. The number of benzene rings is 2. The van der Waals surface area contributed by atoms with Crippen LogP contribution in [0.25, 0.3) is 22.9 Å². The van der Waals surface area contributed by atoms with Gasteiger partial charge in [0.2, 0.25) is 0 Å². The number of ether oxygens (including phenoxy) is 1. The Morgan fingerprint density at radius 2 is 1.64 bits per heavy atom. The lowest BCUT2D eigenvalue weighted by molar-refractivity contribution is -0.159. The number of aliphatic hydroxyl groups is 1. The van der Waals surface area contributed by atoms with Gasteiger partial charge < -0.3 is 29.9 Å². The Bertz CT molecular complexity index is 1190. The molecule has 0 aliphatic carbocycles. The van der Waals surface area contributed by atoms with Crippen molar-refractivity contribution in [1.29, 1.82) is 0 Å². The zero-order valence-electron chi connectivity index (χ0n) is 20.2. The second-order valence-corrected chi connectivity index (χ2v) is 8.07. The Morgan fingerprint density at radius 1 is 0.972 bits per heavy atom. The molecule has 1 aliphatic rings. The number of rotatable bonds is 7. The van der Waals surface area contributed by atoms with Crippen LogP contribution in [0.5, 0.6) is 5.75 Å². The molecule has 190 valence electrons. The normalized spacial score (nSPS) is 13.9. The van der Waals surface area contributed by atoms with E-state index in [9.17, 15) is 0 Å². The highest BCUT2D eigenvalue weighted by Gasteiger charge is 2.19. The molecule has 2 heterocycles. The quantitative estimate of drug-likeness (QED) is 0.426. The van der Waals surface area contributed by atoms with Crippen LogP contribution in [0, 0.1) is 0 Å². The lowest BCUT2D eigenvalue weighted by Crippen LogP contribution is -2.46. The molecule has 9 nitrogen and oxygen atoms in total. The van der Waals surface area contributed by atoms with Crippen molar-refractivity contribution in [3.05, 3.63) is 65.9 Å². The second-order valence-electron chi connectivity index (χ2n) is 8.07. The summed E-state index contributed by atoms with van der Waals surface area (Å²) in [6.45, 7) is 7.74. The van der Waals surface area contributed by atoms with Crippen molar-refractivity contribution in [3.8, 4) is 5.75 Å². The molecule has 1 saturated heterocycles. The number of carbonyl (C=O) groups is 2. The van der Waals surface area contributed by atoms with E-state index in [2.05, 4.69) is 47.1 Å². The summed E-state index contributed by atoms with van der Waals surface area (Å²) in [5.41, 5.74) is 1.90. The molecule has 3 N–H and O–H groups in total. The molecule has 0 saturated carbocycles. The van der Waals surface area contributed by atoms with E-state index in [4.69, 9.17) is 34.6 Å². The maximum atomic E-state index is 9.10. The molecule has 2 aromatic carbocycles. The van der Waals surface area contributed by atoms with Crippen LogP contribution in [0.4, 0.5) is 5.82 Å². The van der Waals surface area contributed by atoms with Gasteiger partial charge >= 0.3 is 11.9 Å². The summed E-state index contributed by atoms with van der Waals surface area (Å²) in [7, 11) is 0. The predicted octanol–water partition coefficient (Wildman–Crippen LogP) is 3.07. The molecule has 3 aromatic rings. The molecule has 0 unspecified atom stereocenters. The second kappa shape index (κ2) is 13.2. The molecular weight excluding hydrogens is 462 g/mol. The van der Waals surface area contributed by atoms with Crippen LogP contribution in [-0.2, 0) is 9.59 Å². The van der Waals surface area contributed by atoms with E-state index in [1.165, 1.54) is 10.8 Å². The minimum atomic E-state index is -1.82. The number of aromatic nitrogens is 1. The maximum absolute atomic E-state index is 9.10. The van der Waals surface area contributed by atoms with E-state index in [1.54, 1.807) is 0 Å². The van der Waals surface area contributed by atoms with Crippen molar-refractivity contribution >= 4 is 40.7 Å². The fourth-order valence-corrected chi connectivity index (χ4v) is 3.88. The van der Waals surface area contributed by atoms with Crippen LogP contribution in [0.1, 0.15) is 18.2 Å². The Balaban J connectivity index is 0.000000538. The van der Waals surface area contributed by atoms with E-state index in [0.29, 0.717) is 0 Å². The van der Waals surface area contributed by atoms with Gasteiger partial charge in [-0.1, -0.05) is 49.4 Å². The predicted molar refractivity (Wildman–Crippen MR) is 139 cm³/mol. The largest absolute Gasteiger partial charge is 0.491 e. The smallest absolute Gasteiger partial charge is 0.414 e.